The van der Waals surface area contributed by atoms with Crippen molar-refractivity contribution in [1.29, 1.82) is 0 Å². The maximum absolute atomic E-state index is 9.64. The Bertz CT molecular complexity index is 289. The minimum absolute atomic E-state index is 0.547. The molecule has 0 saturated carbocycles. The summed E-state index contributed by atoms with van der Waals surface area (Å²) in [6.07, 6.45) is 4.40. The highest BCUT2D eigenvalue weighted by Gasteiger charge is 2.09. The zero-order valence-corrected chi connectivity index (χ0v) is 6.42. The van der Waals surface area contributed by atoms with E-state index in [1.165, 1.54) is 0 Å². The first kappa shape index (κ1) is 7.18. The number of aromatic nitrogens is 1. The number of hydrogen-bond acceptors (Lipinski definition) is 2. The van der Waals surface area contributed by atoms with Gasteiger partial charge in [0.2, 0.25) is 0 Å². The fourth-order valence-corrected chi connectivity index (χ4v) is 1.10. The Morgan fingerprint density at radius 3 is 2.58 bits per heavy atom. The van der Waals surface area contributed by atoms with Gasteiger partial charge in [-0.25, -0.2) is 0 Å². The lowest BCUT2D eigenvalue weighted by Gasteiger charge is -2.08. The van der Waals surface area contributed by atoms with Crippen molar-refractivity contribution >= 4 is 0 Å². The van der Waals surface area contributed by atoms with Crippen LogP contribution in [-0.4, -0.2) is 9.67 Å². The molecule has 0 radical (unpaired) electrons. The van der Waals surface area contributed by atoms with Crippen molar-refractivity contribution in [3.8, 4) is 0 Å². The SMILES string of the molecule is OC(c1ccco1)n1cccc1. The number of furan rings is 1. The van der Waals surface area contributed by atoms with Gasteiger partial charge in [0.25, 0.3) is 0 Å². The molecule has 2 aromatic heterocycles. The van der Waals surface area contributed by atoms with Gasteiger partial charge in [0.05, 0.1) is 6.26 Å². The third-order valence-electron chi connectivity index (χ3n) is 1.71. The summed E-state index contributed by atoms with van der Waals surface area (Å²) < 4.78 is 6.71. The summed E-state index contributed by atoms with van der Waals surface area (Å²) in [4.78, 5) is 0. The van der Waals surface area contributed by atoms with Crippen molar-refractivity contribution < 1.29 is 9.52 Å². The van der Waals surface area contributed by atoms with Crippen LogP contribution in [0, 0.1) is 0 Å². The van der Waals surface area contributed by atoms with Crippen molar-refractivity contribution in [1.82, 2.24) is 4.57 Å². The standard InChI is InChI=1S/C9H9NO2/c11-9(8-4-3-7-12-8)10-5-1-2-6-10/h1-7,9,11H. The van der Waals surface area contributed by atoms with E-state index < -0.39 is 6.23 Å². The number of hydrogen-bond donors (Lipinski definition) is 1. The normalized spacial score (nSPS) is 13.1. The van der Waals surface area contributed by atoms with Gasteiger partial charge in [-0.3, -0.25) is 0 Å². The van der Waals surface area contributed by atoms with Gasteiger partial charge in [-0.15, -0.1) is 0 Å². The second-order valence-corrected chi connectivity index (χ2v) is 2.52. The number of rotatable bonds is 2. The van der Waals surface area contributed by atoms with Crippen LogP contribution in [0.5, 0.6) is 0 Å². The van der Waals surface area contributed by atoms with Crippen molar-refractivity contribution in [2.75, 3.05) is 0 Å². The van der Waals surface area contributed by atoms with Crippen molar-refractivity contribution in [2.24, 2.45) is 0 Å². The Hall–Kier alpha value is -1.48. The molecule has 0 amide bonds. The molecule has 3 heteroatoms. The van der Waals surface area contributed by atoms with Gasteiger partial charge in [-0.05, 0) is 24.3 Å². The minimum atomic E-state index is -0.713. The van der Waals surface area contributed by atoms with E-state index in [-0.39, 0.29) is 0 Å². The summed E-state index contributed by atoms with van der Waals surface area (Å²) >= 11 is 0. The van der Waals surface area contributed by atoms with E-state index in [4.69, 9.17) is 4.42 Å². The first-order valence-corrected chi connectivity index (χ1v) is 3.72. The monoisotopic (exact) mass is 163 g/mol. The Kier molecular flexibility index (Phi) is 1.72. The summed E-state index contributed by atoms with van der Waals surface area (Å²) in [5.41, 5.74) is 0. The van der Waals surface area contributed by atoms with E-state index >= 15 is 0 Å². The molecule has 0 aliphatic carbocycles. The zero-order chi connectivity index (χ0) is 8.39. The van der Waals surface area contributed by atoms with Crippen molar-refractivity contribution in [3.05, 3.63) is 48.7 Å². The lowest BCUT2D eigenvalue weighted by atomic mass is 10.4. The lowest BCUT2D eigenvalue weighted by molar-refractivity contribution is 0.120. The average molecular weight is 163 g/mol. The van der Waals surface area contributed by atoms with Crippen LogP contribution in [0.4, 0.5) is 0 Å². The minimum Gasteiger partial charge on any atom is -0.465 e. The summed E-state index contributed by atoms with van der Waals surface area (Å²) in [5.74, 6) is 0.547. The van der Waals surface area contributed by atoms with Crippen molar-refractivity contribution in [2.45, 2.75) is 6.23 Å². The molecule has 1 atom stereocenters. The Balaban J connectivity index is 2.27. The molecule has 3 nitrogen and oxygen atoms in total. The van der Waals surface area contributed by atoms with E-state index in [2.05, 4.69) is 0 Å². The van der Waals surface area contributed by atoms with Crippen LogP contribution < -0.4 is 0 Å². The third kappa shape index (κ3) is 1.14. The van der Waals surface area contributed by atoms with Crippen LogP contribution in [-0.2, 0) is 0 Å². The summed E-state index contributed by atoms with van der Waals surface area (Å²) in [6.45, 7) is 0. The smallest absolute Gasteiger partial charge is 0.190 e. The Labute approximate surface area is 69.9 Å². The van der Waals surface area contributed by atoms with Crippen LogP contribution >= 0.6 is 0 Å². The van der Waals surface area contributed by atoms with Crippen LogP contribution in [0.3, 0.4) is 0 Å². The number of nitrogens with zero attached hydrogens (tertiary/aromatic N) is 1. The first-order valence-electron chi connectivity index (χ1n) is 3.72. The lowest BCUT2D eigenvalue weighted by Crippen LogP contribution is -2.05. The van der Waals surface area contributed by atoms with Crippen LogP contribution in [0.15, 0.2) is 47.3 Å². The highest BCUT2D eigenvalue weighted by Crippen LogP contribution is 2.15. The summed E-state index contributed by atoms with van der Waals surface area (Å²) in [6, 6.07) is 7.20. The van der Waals surface area contributed by atoms with Gasteiger partial charge >= 0.3 is 0 Å². The molecule has 0 aromatic carbocycles. The van der Waals surface area contributed by atoms with Gasteiger partial charge in [-0.1, -0.05) is 0 Å². The van der Waals surface area contributed by atoms with Crippen LogP contribution in [0.1, 0.15) is 12.0 Å². The Morgan fingerprint density at radius 2 is 2.00 bits per heavy atom. The molecule has 2 aromatic rings. The molecule has 0 aliphatic rings. The molecule has 0 fully saturated rings. The van der Waals surface area contributed by atoms with Gasteiger partial charge in [0.1, 0.15) is 0 Å². The van der Waals surface area contributed by atoms with Gasteiger partial charge in [0.15, 0.2) is 12.0 Å². The molecular weight excluding hydrogens is 154 g/mol. The quantitative estimate of drug-likeness (QED) is 0.730. The van der Waals surface area contributed by atoms with Crippen LogP contribution in [0.2, 0.25) is 0 Å². The molecule has 2 rings (SSSR count). The largest absolute Gasteiger partial charge is 0.465 e. The summed E-state index contributed by atoms with van der Waals surface area (Å²) in [7, 11) is 0. The van der Waals surface area contributed by atoms with Crippen molar-refractivity contribution in [3.63, 3.8) is 0 Å². The van der Waals surface area contributed by atoms with Crippen LogP contribution in [0.25, 0.3) is 0 Å². The maximum atomic E-state index is 9.64. The number of aliphatic hydroxyl groups excluding tert-OH is 1. The molecule has 1 unspecified atom stereocenters. The van der Waals surface area contributed by atoms with Gasteiger partial charge in [-0.2, -0.15) is 0 Å². The molecular formula is C9H9NO2. The average Bonchev–Trinajstić information content (AvgIpc) is 2.77. The maximum Gasteiger partial charge on any atom is 0.190 e. The van der Waals surface area contributed by atoms with E-state index in [0.29, 0.717) is 5.76 Å². The van der Waals surface area contributed by atoms with E-state index in [1.54, 1.807) is 35.4 Å². The first-order chi connectivity index (χ1) is 5.88. The third-order valence-corrected chi connectivity index (χ3v) is 1.71. The molecule has 62 valence electrons. The highest BCUT2D eigenvalue weighted by atomic mass is 16.4. The van der Waals surface area contributed by atoms with Gasteiger partial charge in [0, 0.05) is 12.4 Å². The zero-order valence-electron chi connectivity index (χ0n) is 6.42. The van der Waals surface area contributed by atoms with E-state index in [9.17, 15) is 5.11 Å². The predicted molar refractivity (Wildman–Crippen MR) is 43.5 cm³/mol. The summed E-state index contributed by atoms with van der Waals surface area (Å²) in [5, 5.41) is 9.64. The second-order valence-electron chi connectivity index (χ2n) is 2.52. The predicted octanol–water partition coefficient (Wildman–Crippen LogP) is 1.62. The molecule has 0 saturated heterocycles. The number of aliphatic hydroxyl groups is 1. The molecule has 1 N–H and O–H groups in total. The fourth-order valence-electron chi connectivity index (χ4n) is 1.10. The highest BCUT2D eigenvalue weighted by molar-refractivity contribution is 5.04. The van der Waals surface area contributed by atoms with Gasteiger partial charge < -0.3 is 14.1 Å². The molecule has 12 heavy (non-hydrogen) atoms. The molecule has 0 spiro atoms. The molecule has 0 aliphatic heterocycles. The fraction of sp³-hybridized carbons (Fsp3) is 0.111. The van der Waals surface area contributed by atoms with E-state index in [0.717, 1.165) is 0 Å². The Morgan fingerprint density at radius 1 is 1.25 bits per heavy atom. The molecule has 0 bridgehead atoms. The van der Waals surface area contributed by atoms with E-state index in [1.807, 2.05) is 12.1 Å². The molecule has 2 heterocycles. The second kappa shape index (κ2) is 2.87. The topological polar surface area (TPSA) is 38.3 Å².